The number of hydrogen-bond donors (Lipinski definition) is 1. The third-order valence-electron chi connectivity index (χ3n) is 4.16. The summed E-state index contributed by atoms with van der Waals surface area (Å²) in [4.78, 5) is 4.98. The monoisotopic (exact) mass is 279 g/mol. The van der Waals surface area contributed by atoms with Crippen LogP contribution in [0, 0.1) is 0 Å². The zero-order valence-electron chi connectivity index (χ0n) is 13.2. The average Bonchev–Trinajstić information content (AvgIpc) is 2.89. The van der Waals surface area contributed by atoms with Gasteiger partial charge in [-0.1, -0.05) is 13.8 Å². The highest BCUT2D eigenvalue weighted by atomic mass is 16.3. The van der Waals surface area contributed by atoms with E-state index in [1.807, 2.05) is 0 Å². The molecular weight excluding hydrogens is 250 g/mol. The van der Waals surface area contributed by atoms with Gasteiger partial charge in [-0.3, -0.25) is 4.90 Å². The molecule has 1 aliphatic rings. The third-order valence-corrected chi connectivity index (χ3v) is 4.16. The highest BCUT2D eigenvalue weighted by Crippen LogP contribution is 2.15. The van der Waals surface area contributed by atoms with Crippen LogP contribution in [0.15, 0.2) is 16.5 Å². The lowest BCUT2D eigenvalue weighted by Gasteiger charge is -2.38. The largest absolute Gasteiger partial charge is 0.463 e. The van der Waals surface area contributed by atoms with E-state index < -0.39 is 0 Å². The second-order valence-electron chi connectivity index (χ2n) is 5.82. The number of nitrogens with one attached hydrogen (secondary N) is 1. The summed E-state index contributed by atoms with van der Waals surface area (Å²) < 4.78 is 5.91. The summed E-state index contributed by atoms with van der Waals surface area (Å²) in [6.45, 7) is 10.7. The fourth-order valence-corrected chi connectivity index (χ4v) is 2.81. The van der Waals surface area contributed by atoms with Crippen molar-refractivity contribution in [3.05, 3.63) is 23.7 Å². The van der Waals surface area contributed by atoms with E-state index in [9.17, 15) is 0 Å². The average molecular weight is 279 g/mol. The Bertz CT molecular complexity index is 391. The van der Waals surface area contributed by atoms with Crippen LogP contribution >= 0.6 is 0 Å². The molecule has 0 bridgehead atoms. The predicted octanol–water partition coefficient (Wildman–Crippen LogP) is 2.31. The van der Waals surface area contributed by atoms with E-state index in [4.69, 9.17) is 4.42 Å². The molecule has 0 amide bonds. The van der Waals surface area contributed by atoms with Crippen molar-refractivity contribution in [1.29, 1.82) is 0 Å². The summed E-state index contributed by atoms with van der Waals surface area (Å²) in [5.74, 6) is 2.15. The molecule has 20 heavy (non-hydrogen) atoms. The van der Waals surface area contributed by atoms with Crippen molar-refractivity contribution in [3.8, 4) is 0 Å². The molecule has 0 saturated carbocycles. The summed E-state index contributed by atoms with van der Waals surface area (Å²) >= 11 is 0. The standard InChI is InChI=1S/C16H29N3O/c1-4-8-17-11-15-6-7-16(20-15)13-19-10-9-18(3)14(5-2)12-19/h6-7,14,17H,4-5,8-13H2,1-3H3. The Balaban J connectivity index is 1.81. The first-order valence-corrected chi connectivity index (χ1v) is 7.93. The SMILES string of the molecule is CCCNCc1ccc(CN2CCN(C)C(CC)C2)o1. The zero-order valence-corrected chi connectivity index (χ0v) is 13.2. The van der Waals surface area contributed by atoms with Gasteiger partial charge in [-0.15, -0.1) is 0 Å². The molecule has 0 radical (unpaired) electrons. The van der Waals surface area contributed by atoms with Crippen LogP contribution in [0.4, 0.5) is 0 Å². The van der Waals surface area contributed by atoms with Crippen LogP contribution in [0.25, 0.3) is 0 Å². The normalized spacial score (nSPS) is 21.4. The summed E-state index contributed by atoms with van der Waals surface area (Å²) in [5.41, 5.74) is 0. The second-order valence-corrected chi connectivity index (χ2v) is 5.82. The number of rotatable bonds is 7. The quantitative estimate of drug-likeness (QED) is 0.776. The van der Waals surface area contributed by atoms with Crippen LogP contribution in [0.2, 0.25) is 0 Å². The minimum absolute atomic E-state index is 0.685. The molecule has 1 fully saturated rings. The van der Waals surface area contributed by atoms with Crippen LogP contribution in [-0.4, -0.2) is 49.1 Å². The Morgan fingerprint density at radius 1 is 1.25 bits per heavy atom. The Kier molecular flexibility index (Phi) is 6.07. The maximum atomic E-state index is 5.91. The number of nitrogens with zero attached hydrogens (tertiary/aromatic N) is 2. The fraction of sp³-hybridized carbons (Fsp3) is 0.750. The maximum absolute atomic E-state index is 5.91. The van der Waals surface area contributed by atoms with E-state index in [1.54, 1.807) is 0 Å². The first-order valence-electron chi connectivity index (χ1n) is 7.93. The van der Waals surface area contributed by atoms with Gasteiger partial charge in [0.2, 0.25) is 0 Å². The first kappa shape index (κ1) is 15.5. The molecule has 1 saturated heterocycles. The van der Waals surface area contributed by atoms with E-state index >= 15 is 0 Å². The molecule has 0 aromatic carbocycles. The highest BCUT2D eigenvalue weighted by Gasteiger charge is 2.23. The lowest BCUT2D eigenvalue weighted by atomic mass is 10.1. The minimum Gasteiger partial charge on any atom is -0.463 e. The molecule has 1 aliphatic heterocycles. The molecule has 114 valence electrons. The highest BCUT2D eigenvalue weighted by molar-refractivity contribution is 5.07. The van der Waals surface area contributed by atoms with Gasteiger partial charge in [0.15, 0.2) is 0 Å². The maximum Gasteiger partial charge on any atom is 0.118 e. The molecule has 1 N–H and O–H groups in total. The molecule has 1 aromatic heterocycles. The summed E-state index contributed by atoms with van der Waals surface area (Å²) in [6.07, 6.45) is 2.38. The third kappa shape index (κ3) is 4.33. The van der Waals surface area contributed by atoms with Crippen LogP contribution in [-0.2, 0) is 13.1 Å². The van der Waals surface area contributed by atoms with E-state index in [-0.39, 0.29) is 0 Å². The number of likely N-dealkylation sites (N-methyl/N-ethyl adjacent to an activating group) is 1. The van der Waals surface area contributed by atoms with Crippen molar-refractivity contribution < 1.29 is 4.42 Å². The van der Waals surface area contributed by atoms with E-state index in [2.05, 4.69) is 48.1 Å². The first-order chi connectivity index (χ1) is 9.72. The molecule has 2 rings (SSSR count). The number of piperazine rings is 1. The van der Waals surface area contributed by atoms with Crippen LogP contribution < -0.4 is 5.32 Å². The van der Waals surface area contributed by atoms with Crippen molar-refractivity contribution in [2.75, 3.05) is 33.2 Å². The van der Waals surface area contributed by atoms with Crippen molar-refractivity contribution >= 4 is 0 Å². The zero-order chi connectivity index (χ0) is 14.4. The number of hydrogen-bond acceptors (Lipinski definition) is 4. The molecule has 2 heterocycles. The second kappa shape index (κ2) is 7.81. The smallest absolute Gasteiger partial charge is 0.118 e. The van der Waals surface area contributed by atoms with Gasteiger partial charge in [0.25, 0.3) is 0 Å². The van der Waals surface area contributed by atoms with Gasteiger partial charge in [-0.2, -0.15) is 0 Å². The molecule has 1 aromatic rings. The molecular formula is C16H29N3O. The minimum atomic E-state index is 0.685. The molecule has 1 unspecified atom stereocenters. The van der Waals surface area contributed by atoms with Gasteiger partial charge in [0.05, 0.1) is 13.1 Å². The van der Waals surface area contributed by atoms with Crippen molar-refractivity contribution in [1.82, 2.24) is 15.1 Å². The Hall–Kier alpha value is -0.840. The van der Waals surface area contributed by atoms with Gasteiger partial charge in [0, 0.05) is 25.7 Å². The van der Waals surface area contributed by atoms with Crippen molar-refractivity contribution in [2.24, 2.45) is 0 Å². The van der Waals surface area contributed by atoms with Gasteiger partial charge in [-0.05, 0) is 38.6 Å². The number of furan rings is 1. The molecule has 1 atom stereocenters. The Morgan fingerprint density at radius 3 is 2.80 bits per heavy atom. The van der Waals surface area contributed by atoms with Crippen LogP contribution in [0.3, 0.4) is 0 Å². The van der Waals surface area contributed by atoms with Gasteiger partial charge in [0.1, 0.15) is 11.5 Å². The molecule has 4 heteroatoms. The van der Waals surface area contributed by atoms with Crippen LogP contribution in [0.5, 0.6) is 0 Å². The van der Waals surface area contributed by atoms with Crippen LogP contribution in [0.1, 0.15) is 38.2 Å². The summed E-state index contributed by atoms with van der Waals surface area (Å²) in [5, 5.41) is 3.38. The van der Waals surface area contributed by atoms with E-state index in [1.165, 1.54) is 6.42 Å². The molecule has 4 nitrogen and oxygen atoms in total. The van der Waals surface area contributed by atoms with Gasteiger partial charge >= 0.3 is 0 Å². The van der Waals surface area contributed by atoms with Gasteiger partial charge < -0.3 is 14.6 Å². The van der Waals surface area contributed by atoms with Gasteiger partial charge in [-0.25, -0.2) is 0 Å². The van der Waals surface area contributed by atoms with E-state index in [0.717, 1.165) is 57.2 Å². The Morgan fingerprint density at radius 2 is 2.05 bits per heavy atom. The molecule has 0 aliphatic carbocycles. The van der Waals surface area contributed by atoms with E-state index in [0.29, 0.717) is 6.04 Å². The molecule has 0 spiro atoms. The lowest BCUT2D eigenvalue weighted by molar-refractivity contribution is 0.0832. The summed E-state index contributed by atoms with van der Waals surface area (Å²) in [6, 6.07) is 4.91. The topological polar surface area (TPSA) is 31.6 Å². The van der Waals surface area contributed by atoms with Crippen molar-refractivity contribution in [2.45, 2.75) is 45.8 Å². The fourth-order valence-electron chi connectivity index (χ4n) is 2.81. The summed E-state index contributed by atoms with van der Waals surface area (Å²) in [7, 11) is 2.23. The Labute approximate surface area is 123 Å². The van der Waals surface area contributed by atoms with Crippen molar-refractivity contribution in [3.63, 3.8) is 0 Å². The predicted molar refractivity (Wildman–Crippen MR) is 82.7 cm³/mol. The lowest BCUT2D eigenvalue weighted by Crippen LogP contribution is -2.50.